The van der Waals surface area contributed by atoms with E-state index in [1.165, 1.54) is 23.1 Å². The highest BCUT2D eigenvalue weighted by Gasteiger charge is 2.22. The zero-order valence-corrected chi connectivity index (χ0v) is 8.85. The van der Waals surface area contributed by atoms with Gasteiger partial charge in [-0.2, -0.15) is 13.2 Å². The predicted octanol–water partition coefficient (Wildman–Crippen LogP) is 3.47. The molecule has 0 saturated carbocycles. The second-order valence-electron chi connectivity index (χ2n) is 3.45. The highest BCUT2D eigenvalue weighted by Crippen LogP contribution is 2.26. The highest BCUT2D eigenvalue weighted by molar-refractivity contribution is 5.68. The van der Waals surface area contributed by atoms with Gasteiger partial charge >= 0.3 is 6.18 Å². The van der Waals surface area contributed by atoms with Crippen LogP contribution >= 0.6 is 0 Å². The van der Waals surface area contributed by atoms with E-state index in [2.05, 4.69) is 0 Å². The first-order valence-electron chi connectivity index (χ1n) is 4.53. The summed E-state index contributed by atoms with van der Waals surface area (Å²) in [6.45, 7) is 0. The second-order valence-corrected chi connectivity index (χ2v) is 3.45. The van der Waals surface area contributed by atoms with Crippen LogP contribution in [0.2, 0.25) is 0 Å². The number of para-hydroxylation sites is 1. The number of halogens is 4. The Balaban J connectivity index is 3.14. The largest absolute Gasteiger partial charge is 0.409 e. The Morgan fingerprint density at radius 2 is 1.81 bits per heavy atom. The minimum Gasteiger partial charge on any atom is -0.375 e. The third kappa shape index (κ3) is 3.25. The lowest BCUT2D eigenvalue weighted by Gasteiger charge is -2.16. The highest BCUT2D eigenvalue weighted by atomic mass is 19.4. The van der Waals surface area contributed by atoms with E-state index in [1.54, 1.807) is 14.1 Å². The van der Waals surface area contributed by atoms with E-state index in [4.69, 9.17) is 0 Å². The van der Waals surface area contributed by atoms with E-state index in [-0.39, 0.29) is 17.3 Å². The van der Waals surface area contributed by atoms with Crippen LogP contribution in [0.15, 0.2) is 24.3 Å². The van der Waals surface area contributed by atoms with Gasteiger partial charge in [-0.1, -0.05) is 12.1 Å². The molecule has 16 heavy (non-hydrogen) atoms. The lowest BCUT2D eigenvalue weighted by molar-refractivity contribution is -0.0790. The number of benzene rings is 1. The maximum absolute atomic E-state index is 13.4. The Kier molecular flexibility index (Phi) is 3.57. The second kappa shape index (κ2) is 4.55. The molecule has 0 heterocycles. The summed E-state index contributed by atoms with van der Waals surface area (Å²) >= 11 is 0. The van der Waals surface area contributed by atoms with Crippen molar-refractivity contribution in [3.8, 4) is 0 Å². The first-order chi connectivity index (χ1) is 7.31. The molecule has 0 amide bonds. The van der Waals surface area contributed by atoms with E-state index in [0.29, 0.717) is 0 Å². The van der Waals surface area contributed by atoms with Crippen molar-refractivity contribution in [1.82, 2.24) is 0 Å². The normalized spacial score (nSPS) is 12.1. The average Bonchev–Trinajstić information content (AvgIpc) is 2.12. The van der Waals surface area contributed by atoms with Gasteiger partial charge in [0.05, 0.1) is 5.69 Å². The van der Waals surface area contributed by atoms with Crippen molar-refractivity contribution in [1.29, 1.82) is 0 Å². The summed E-state index contributed by atoms with van der Waals surface area (Å²) in [4.78, 5) is 1.44. The zero-order valence-electron chi connectivity index (χ0n) is 8.85. The molecule has 88 valence electrons. The molecule has 0 N–H and O–H groups in total. The molecular weight excluding hydrogens is 222 g/mol. The summed E-state index contributed by atoms with van der Waals surface area (Å²) in [7, 11) is 3.15. The zero-order chi connectivity index (χ0) is 12.3. The van der Waals surface area contributed by atoms with E-state index < -0.39 is 12.0 Å². The van der Waals surface area contributed by atoms with Gasteiger partial charge in [-0.25, -0.2) is 4.39 Å². The van der Waals surface area contributed by atoms with Crippen molar-refractivity contribution >= 4 is 11.8 Å². The van der Waals surface area contributed by atoms with Crippen LogP contribution in [0.4, 0.5) is 23.2 Å². The van der Waals surface area contributed by atoms with Crippen molar-refractivity contribution in [2.75, 3.05) is 19.0 Å². The molecule has 0 aliphatic carbocycles. The summed E-state index contributed by atoms with van der Waals surface area (Å²) in [6, 6.07) is 4.01. The summed E-state index contributed by atoms with van der Waals surface area (Å²) in [5.74, 6) is -0.547. The van der Waals surface area contributed by atoms with E-state index in [1.807, 2.05) is 0 Å². The van der Waals surface area contributed by atoms with Crippen LogP contribution < -0.4 is 4.90 Å². The Bertz CT molecular complexity index is 393. The van der Waals surface area contributed by atoms with Gasteiger partial charge in [-0.3, -0.25) is 0 Å². The molecule has 1 rings (SSSR count). The molecular formula is C11H11F4N. The maximum Gasteiger partial charge on any atom is 0.409 e. The van der Waals surface area contributed by atoms with Crippen molar-refractivity contribution in [2.24, 2.45) is 0 Å². The van der Waals surface area contributed by atoms with Gasteiger partial charge in [-0.15, -0.1) is 0 Å². The number of hydrogen-bond acceptors (Lipinski definition) is 1. The lowest BCUT2D eigenvalue weighted by Crippen LogP contribution is -2.12. The number of hydrogen-bond donors (Lipinski definition) is 0. The van der Waals surface area contributed by atoms with Crippen LogP contribution in [0.25, 0.3) is 6.08 Å². The van der Waals surface area contributed by atoms with Crippen molar-refractivity contribution in [3.05, 3.63) is 35.7 Å². The molecule has 1 aromatic carbocycles. The topological polar surface area (TPSA) is 3.24 Å². The Labute approximate surface area is 91.0 Å². The maximum atomic E-state index is 13.4. The predicted molar refractivity (Wildman–Crippen MR) is 55.8 cm³/mol. The minimum absolute atomic E-state index is 0.0920. The molecule has 0 saturated heterocycles. The minimum atomic E-state index is -4.39. The molecule has 0 radical (unpaired) electrons. The molecule has 0 aliphatic heterocycles. The fraction of sp³-hybridized carbons (Fsp3) is 0.273. The lowest BCUT2D eigenvalue weighted by atomic mass is 10.1. The van der Waals surface area contributed by atoms with Crippen LogP contribution in [-0.4, -0.2) is 20.3 Å². The third-order valence-electron chi connectivity index (χ3n) is 1.92. The van der Waals surface area contributed by atoms with Gasteiger partial charge in [0, 0.05) is 25.7 Å². The van der Waals surface area contributed by atoms with Crippen molar-refractivity contribution < 1.29 is 17.6 Å². The molecule has 0 spiro atoms. The summed E-state index contributed by atoms with van der Waals surface area (Å²) in [5.41, 5.74) is 0.338. The molecule has 0 aromatic heterocycles. The number of rotatable bonds is 2. The summed E-state index contributed by atoms with van der Waals surface area (Å²) < 4.78 is 49.3. The monoisotopic (exact) mass is 233 g/mol. The molecule has 0 fully saturated rings. The number of nitrogens with zero attached hydrogens (tertiary/aromatic N) is 1. The SMILES string of the molecule is CN(C)c1c(F)cccc1/C=C\C(F)(F)F. The van der Waals surface area contributed by atoms with E-state index >= 15 is 0 Å². The number of anilines is 1. The quantitative estimate of drug-likeness (QED) is 0.707. The van der Waals surface area contributed by atoms with E-state index in [0.717, 1.165) is 6.08 Å². The van der Waals surface area contributed by atoms with Crippen LogP contribution in [0.5, 0.6) is 0 Å². The number of allylic oxidation sites excluding steroid dienone is 1. The first-order valence-corrected chi connectivity index (χ1v) is 4.53. The van der Waals surface area contributed by atoms with Gasteiger partial charge in [-0.05, 0) is 12.1 Å². The molecule has 1 nitrogen and oxygen atoms in total. The Morgan fingerprint density at radius 1 is 1.19 bits per heavy atom. The fourth-order valence-electron chi connectivity index (χ4n) is 1.32. The van der Waals surface area contributed by atoms with E-state index in [9.17, 15) is 17.6 Å². The first kappa shape index (κ1) is 12.5. The van der Waals surface area contributed by atoms with Crippen LogP contribution in [0.1, 0.15) is 5.56 Å². The Morgan fingerprint density at radius 3 is 2.31 bits per heavy atom. The molecule has 0 aliphatic rings. The van der Waals surface area contributed by atoms with Crippen molar-refractivity contribution in [2.45, 2.75) is 6.18 Å². The average molecular weight is 233 g/mol. The Hall–Kier alpha value is -1.52. The third-order valence-corrected chi connectivity index (χ3v) is 1.92. The van der Waals surface area contributed by atoms with Gasteiger partial charge in [0.15, 0.2) is 0 Å². The van der Waals surface area contributed by atoms with Gasteiger partial charge in [0.2, 0.25) is 0 Å². The van der Waals surface area contributed by atoms with Gasteiger partial charge in [0.25, 0.3) is 0 Å². The molecule has 1 aromatic rings. The van der Waals surface area contributed by atoms with Crippen molar-refractivity contribution in [3.63, 3.8) is 0 Å². The molecule has 0 bridgehead atoms. The molecule has 0 unspecified atom stereocenters. The summed E-state index contributed by atoms with van der Waals surface area (Å²) in [6.07, 6.45) is -3.44. The van der Waals surface area contributed by atoms with Crippen LogP contribution in [-0.2, 0) is 0 Å². The molecule has 5 heteroatoms. The summed E-state index contributed by atoms with van der Waals surface area (Å²) in [5, 5.41) is 0. The van der Waals surface area contributed by atoms with Crippen LogP contribution in [0.3, 0.4) is 0 Å². The number of alkyl halides is 3. The molecule has 0 atom stereocenters. The van der Waals surface area contributed by atoms with Gasteiger partial charge in [0.1, 0.15) is 5.82 Å². The standard InChI is InChI=1S/C11H11F4N/c1-16(2)10-8(4-3-5-9(10)12)6-7-11(13,14)15/h3-7H,1-2H3/b7-6-. The van der Waals surface area contributed by atoms with Gasteiger partial charge < -0.3 is 4.90 Å². The fourth-order valence-corrected chi connectivity index (χ4v) is 1.32. The smallest absolute Gasteiger partial charge is 0.375 e. The van der Waals surface area contributed by atoms with Crippen LogP contribution in [0, 0.1) is 5.82 Å².